The smallest absolute Gasteiger partial charge is 0.236 e. The number of aromatic nitrogens is 5. The van der Waals surface area contributed by atoms with Gasteiger partial charge in [-0.25, -0.2) is 4.98 Å². The Balaban J connectivity index is 0.000000119. The van der Waals surface area contributed by atoms with Crippen molar-refractivity contribution in [3.63, 3.8) is 0 Å². The van der Waals surface area contributed by atoms with Crippen molar-refractivity contribution in [2.75, 3.05) is 59.8 Å². The lowest BCUT2D eigenvalue weighted by Gasteiger charge is -2.35. The van der Waals surface area contributed by atoms with Crippen molar-refractivity contribution in [1.82, 2.24) is 29.8 Å². The van der Waals surface area contributed by atoms with Crippen LogP contribution in [0.15, 0.2) is 255 Å². The molecular weight excluding hydrogens is 1830 g/mol. The monoisotopic (exact) mass is 1940 g/mol. The zero-order valence-electron chi connectivity index (χ0n) is 81.1. The fourth-order valence-electron chi connectivity index (χ4n) is 20.0. The predicted molar refractivity (Wildman–Crippen MR) is 546 cm³/mol. The molecule has 10 heterocycles. The Morgan fingerprint density at radius 3 is 1.25 bits per heavy atom. The van der Waals surface area contributed by atoms with Gasteiger partial charge in [0, 0.05) is 109 Å². The number of hydrogen-bond donors (Lipinski definition) is 1. The third-order valence-electron chi connectivity index (χ3n) is 29.1. The molecule has 8 aromatic carbocycles. The van der Waals surface area contributed by atoms with Crippen LogP contribution in [0.1, 0.15) is 213 Å². The van der Waals surface area contributed by atoms with Gasteiger partial charge in [0.15, 0.2) is 46.0 Å². The molecule has 22 nitrogen and oxygen atoms in total. The Kier molecular flexibility index (Phi) is 29.1. The van der Waals surface area contributed by atoms with Gasteiger partial charge in [-0.15, -0.1) is 0 Å². The molecule has 5 saturated carbocycles. The zero-order valence-corrected chi connectivity index (χ0v) is 82.6. The van der Waals surface area contributed by atoms with Crippen molar-refractivity contribution in [2.24, 2.45) is 5.92 Å². The van der Waals surface area contributed by atoms with Crippen LogP contribution in [0.3, 0.4) is 0 Å². The number of hydrogen-bond acceptors (Lipinski definition) is 21. The van der Waals surface area contributed by atoms with E-state index in [2.05, 4.69) is 106 Å². The standard InChI is InChI=1S/C30H32N2O4.C24H19Cl2NO3.C24H24N2O2.C21H23NO3.C19H19NO3.H2/c1-34-25-8-4-3-7-24(25)29(32-15-5-2-6-16-32)21-9-11-23(31-19-21)18-28(33)30(13-14-30)22-10-12-26-27(17-22)36-20-35-26;25-19-2-1-3-20(26)18(19)10-15-4-6-17(27-13-15)12-23(28)24(8-9-24)16-5-7-21-22(11-16)30-14-29-21;1-17-7-10-20(11-8-17)24(13-14-24)23(27)26-22-12-9-18(16-25-22)15-19-5-3-4-6-21(19)28-2;1-14(2)9-15-3-5-17(22-12-15)11-20(23)21(7-8-21)16-4-6-18-19(10-16)25-13-24-18;1-2-14-4-3-5-15(20-14)11-18(21)19(8-9-19)13-6-7-16-17(10-13)23-12-22-16;/h3-4,7-12,17,19,29H,2,5-6,13-16,18,20H2,1H3;1-7,11,13H,8-10,12,14H2;3-12,16H,13-15H2,1-2H3,(H,25,26,27);3-6,10,12,14H,7-9,11,13H2,1-2H3;3-7,10H,2,8-9,11-12H2,1H3;1H. The predicted octanol–water partition coefficient (Wildman–Crippen LogP) is 22.8. The van der Waals surface area contributed by atoms with E-state index in [1.807, 2.05) is 201 Å². The lowest BCUT2D eigenvalue weighted by Crippen LogP contribution is -2.34. The molecule has 6 fully saturated rings. The number of methoxy groups -OCH3 is 2. The summed E-state index contributed by atoms with van der Waals surface area (Å²) < 4.78 is 54.6. The number of benzene rings is 8. The number of carbonyl (C=O) groups excluding carboxylic acids is 5. The van der Waals surface area contributed by atoms with E-state index in [9.17, 15) is 24.0 Å². The van der Waals surface area contributed by atoms with Gasteiger partial charge in [-0.1, -0.05) is 177 Å². The molecule has 5 aliphatic carbocycles. The Labute approximate surface area is 840 Å². The highest BCUT2D eigenvalue weighted by Crippen LogP contribution is 2.57. The van der Waals surface area contributed by atoms with Gasteiger partial charge in [0.2, 0.25) is 33.1 Å². The number of para-hydroxylation sites is 2. The highest BCUT2D eigenvalue weighted by atomic mass is 35.5. The molecule has 1 unspecified atom stereocenters. The fourth-order valence-corrected chi connectivity index (χ4v) is 20.5. The second-order valence-corrected chi connectivity index (χ2v) is 39.8. The van der Waals surface area contributed by atoms with E-state index in [-0.39, 0.29) is 74.5 Å². The van der Waals surface area contributed by atoms with Crippen LogP contribution in [0, 0.1) is 12.8 Å². The molecular formula is C118H119Cl2N7O15. The number of carbonyl (C=O) groups is 5. The van der Waals surface area contributed by atoms with Gasteiger partial charge in [0.1, 0.15) is 40.4 Å². The van der Waals surface area contributed by atoms with Crippen LogP contribution in [0.5, 0.6) is 57.5 Å². The SMILES string of the molecule is CC(C)Cc1ccc(CC(=O)C2(c3ccc4c(c3)OCO4)CC2)nc1.CCc1cccc(CC(=O)C2(c3ccc4c(c3)OCO4)CC2)n1.COc1ccccc1C(c1ccc(CC(=O)C2(c3ccc4c(c3)OCO4)CC2)nc1)N1CCCCC1.COc1ccccc1Cc1ccc(NC(=O)C2(c3ccc(C)cc3)CC2)nc1.O=C(Cc1ccc(Cc2c(Cl)cccc2Cl)cn1)C1(c2ccc3c(c2)OCO3)CC1.[HH]. The minimum absolute atomic E-state index is 0. The highest BCUT2D eigenvalue weighted by Gasteiger charge is 2.55. The quantitative estimate of drug-likeness (QED) is 0.0423. The molecule has 23 rings (SSSR count). The fraction of sp³-hybridized carbons (Fsp3) is 0.339. The number of amides is 1. The molecule has 24 heteroatoms. The van der Waals surface area contributed by atoms with Crippen LogP contribution in [-0.4, -0.2) is 113 Å². The van der Waals surface area contributed by atoms with Crippen molar-refractivity contribution >= 4 is 58.1 Å². The van der Waals surface area contributed by atoms with Gasteiger partial charge < -0.3 is 52.7 Å². The number of nitrogens with one attached hydrogen (secondary N) is 1. The molecule has 13 aromatic rings. The molecule has 1 amide bonds. The van der Waals surface area contributed by atoms with Crippen LogP contribution in [0.2, 0.25) is 10.0 Å². The van der Waals surface area contributed by atoms with Gasteiger partial charge >= 0.3 is 0 Å². The number of piperidine rings is 1. The summed E-state index contributed by atoms with van der Waals surface area (Å²) in [5.74, 6) is 9.83. The van der Waals surface area contributed by atoms with Crippen LogP contribution in [0.4, 0.5) is 5.82 Å². The maximum atomic E-state index is 13.4. The van der Waals surface area contributed by atoms with E-state index in [1.54, 1.807) is 20.4 Å². The number of anilines is 1. The van der Waals surface area contributed by atoms with E-state index >= 15 is 0 Å². The largest absolute Gasteiger partial charge is 0.496 e. The first-order valence-electron chi connectivity index (χ1n) is 49.4. The maximum absolute atomic E-state index is 13.4. The number of ketones is 4. The normalized spacial score (nSPS) is 16.7. The molecule has 0 bridgehead atoms. The van der Waals surface area contributed by atoms with E-state index in [0.717, 1.165) is 238 Å². The minimum Gasteiger partial charge on any atom is -0.496 e. The van der Waals surface area contributed by atoms with Gasteiger partial charge in [0.25, 0.3) is 0 Å². The van der Waals surface area contributed by atoms with E-state index in [1.165, 1.54) is 30.4 Å². The second-order valence-electron chi connectivity index (χ2n) is 39.0. The summed E-state index contributed by atoms with van der Waals surface area (Å²) in [4.78, 5) is 90.6. The summed E-state index contributed by atoms with van der Waals surface area (Å²) in [5.41, 5.74) is 16.3. The average molecular weight is 1950 g/mol. The molecule has 5 aromatic heterocycles. The molecule has 1 saturated heterocycles. The number of nitrogens with zero attached hydrogens (tertiary/aromatic N) is 6. The topological polar surface area (TPSA) is 257 Å². The molecule has 730 valence electrons. The van der Waals surface area contributed by atoms with Gasteiger partial charge in [-0.2, -0.15) is 0 Å². The lowest BCUT2D eigenvalue weighted by molar-refractivity contribution is -0.121. The first-order valence-corrected chi connectivity index (χ1v) is 50.1. The molecule has 1 N–H and O–H groups in total. The first kappa shape index (κ1) is 97.0. The van der Waals surface area contributed by atoms with E-state index in [0.29, 0.717) is 59.6 Å². The summed E-state index contributed by atoms with van der Waals surface area (Å²) in [6.45, 7) is 11.6. The van der Waals surface area contributed by atoms with E-state index < -0.39 is 16.2 Å². The zero-order chi connectivity index (χ0) is 98.1. The summed E-state index contributed by atoms with van der Waals surface area (Å²) in [5, 5.41) is 4.28. The number of fused-ring (bicyclic) bond motifs is 4. The van der Waals surface area contributed by atoms with Crippen LogP contribution in [0.25, 0.3) is 0 Å². The molecule has 1 atom stereocenters. The van der Waals surface area contributed by atoms with Crippen LogP contribution >= 0.6 is 23.2 Å². The van der Waals surface area contributed by atoms with Crippen molar-refractivity contribution in [3.05, 3.63) is 366 Å². The Hall–Kier alpha value is -13.8. The Bertz CT molecular complexity index is 6760. The number of halogens is 2. The molecule has 0 spiro atoms. The number of aryl methyl sites for hydroxylation is 2. The Morgan fingerprint density at radius 1 is 0.401 bits per heavy atom. The summed E-state index contributed by atoms with van der Waals surface area (Å²) in [7, 11) is 3.41. The highest BCUT2D eigenvalue weighted by molar-refractivity contribution is 6.36. The third-order valence-corrected chi connectivity index (χ3v) is 29.8. The molecule has 142 heavy (non-hydrogen) atoms. The van der Waals surface area contributed by atoms with Crippen molar-refractivity contribution < 1.29 is 72.8 Å². The summed E-state index contributed by atoms with van der Waals surface area (Å²) in [6.07, 6.45) is 24.6. The molecule has 10 aliphatic rings. The van der Waals surface area contributed by atoms with Crippen molar-refractivity contribution in [1.29, 1.82) is 0 Å². The van der Waals surface area contributed by atoms with Crippen LogP contribution < -0.4 is 52.7 Å². The molecule has 0 radical (unpaired) electrons. The van der Waals surface area contributed by atoms with Crippen LogP contribution in [-0.2, 0) is 102 Å². The minimum atomic E-state index is -0.424. The second kappa shape index (κ2) is 42.5. The van der Waals surface area contributed by atoms with Crippen molar-refractivity contribution in [2.45, 2.75) is 196 Å². The third kappa shape index (κ3) is 21.8. The number of rotatable bonds is 31. The number of likely N-dealkylation sites (tertiary alicyclic amines) is 1. The van der Waals surface area contributed by atoms with Gasteiger partial charge in [-0.3, -0.25) is 48.8 Å². The Morgan fingerprint density at radius 2 is 0.810 bits per heavy atom. The molecule has 5 aliphatic heterocycles. The summed E-state index contributed by atoms with van der Waals surface area (Å²) in [6, 6.07) is 75.4. The number of ether oxygens (including phenoxy) is 10. The number of Topliss-reactive ketones (excluding diaryl/α,β-unsaturated/α-hetero) is 4. The number of pyridine rings is 5. The summed E-state index contributed by atoms with van der Waals surface area (Å²) >= 11 is 12.5. The van der Waals surface area contributed by atoms with Gasteiger partial charge in [0.05, 0.1) is 47.3 Å². The average Bonchev–Trinajstić information content (AvgIpc) is 1.62. The van der Waals surface area contributed by atoms with E-state index in [4.69, 9.17) is 75.6 Å². The van der Waals surface area contributed by atoms with Gasteiger partial charge in [-0.05, 0) is 286 Å². The lowest BCUT2D eigenvalue weighted by atomic mass is 9.88. The maximum Gasteiger partial charge on any atom is 0.236 e. The van der Waals surface area contributed by atoms with Crippen molar-refractivity contribution in [3.8, 4) is 57.5 Å². The first-order chi connectivity index (χ1) is 69.1.